The average molecular weight is 983 g/mol. The first-order valence-electron chi connectivity index (χ1n) is 26.4. The van der Waals surface area contributed by atoms with Gasteiger partial charge in [0.1, 0.15) is 54.1 Å². The molecular formula is C56H87FN2O11. The summed E-state index contributed by atoms with van der Waals surface area (Å²) in [6.07, 6.45) is 20.1. The van der Waals surface area contributed by atoms with Crippen LogP contribution in [-0.4, -0.2) is 93.6 Å². The number of aryl methyl sites for hydroxylation is 2. The molecule has 70 heavy (non-hydrogen) atoms. The van der Waals surface area contributed by atoms with Gasteiger partial charge in [0.25, 0.3) is 0 Å². The lowest BCUT2D eigenvalue weighted by molar-refractivity contribution is -0.277. The van der Waals surface area contributed by atoms with Gasteiger partial charge in [-0.05, 0) is 91.8 Å². The van der Waals surface area contributed by atoms with Crippen molar-refractivity contribution in [2.75, 3.05) is 13.2 Å². The minimum absolute atomic E-state index is 0.113. The van der Waals surface area contributed by atoms with Crippen molar-refractivity contribution in [3.63, 3.8) is 0 Å². The van der Waals surface area contributed by atoms with Crippen LogP contribution in [0.1, 0.15) is 173 Å². The topological polar surface area (TPSA) is 210 Å². The molecule has 3 aromatic carbocycles. The van der Waals surface area contributed by atoms with Gasteiger partial charge in [-0.15, -0.1) is 0 Å². The van der Waals surface area contributed by atoms with Gasteiger partial charge in [0.15, 0.2) is 0 Å². The Labute approximate surface area is 417 Å². The van der Waals surface area contributed by atoms with Crippen molar-refractivity contribution in [2.45, 2.75) is 217 Å². The third kappa shape index (κ3) is 25.7. The molecule has 0 bridgehead atoms. The maximum atomic E-state index is 13.1. The molecule has 7 atom stereocenters. The molecule has 0 aromatic heterocycles. The first kappa shape index (κ1) is 60.0. The fraction of sp³-hybridized carbons (Fsp3) is 0.643. The Kier molecular flexibility index (Phi) is 31.4. The molecule has 1 saturated heterocycles. The highest BCUT2D eigenvalue weighted by Gasteiger charge is 2.44. The number of rotatable bonds is 35. The van der Waals surface area contributed by atoms with E-state index < -0.39 is 55.6 Å². The van der Waals surface area contributed by atoms with Gasteiger partial charge in [0.05, 0.1) is 18.8 Å². The predicted octanol–water partition coefficient (Wildman–Crippen LogP) is 10.5. The van der Waals surface area contributed by atoms with E-state index in [-0.39, 0.29) is 18.3 Å². The van der Waals surface area contributed by atoms with Crippen molar-refractivity contribution in [1.82, 2.24) is 5.32 Å². The summed E-state index contributed by atoms with van der Waals surface area (Å²) in [7, 11) is 0. The van der Waals surface area contributed by atoms with Crippen molar-refractivity contribution < 1.29 is 58.5 Å². The van der Waals surface area contributed by atoms with E-state index in [4.69, 9.17) is 29.8 Å². The third-order valence-electron chi connectivity index (χ3n) is 12.8. The summed E-state index contributed by atoms with van der Waals surface area (Å²) in [5, 5.41) is 51.9. The quantitative estimate of drug-likeness (QED) is 0.0276. The van der Waals surface area contributed by atoms with Crippen molar-refractivity contribution in [2.24, 2.45) is 5.73 Å². The molecule has 1 fully saturated rings. The highest BCUT2D eigenvalue weighted by atomic mass is 19.1. The van der Waals surface area contributed by atoms with E-state index in [0.717, 1.165) is 75.5 Å². The zero-order chi connectivity index (χ0) is 50.8. The number of hydrogen-bond acceptors (Lipinski definition) is 11. The summed E-state index contributed by atoms with van der Waals surface area (Å²) < 4.78 is 34.5. The summed E-state index contributed by atoms with van der Waals surface area (Å²) in [5.74, 6) is 1.44. The van der Waals surface area contributed by atoms with E-state index in [1.807, 2.05) is 31.2 Å². The standard InChI is InChI=1S/C42H67FN2O5.C14H20O6/c1-2-3-4-5-6-7-8-9-10-11-15-18-21-24-40(46)39(34-49-42(44)48)45-41(47)25-22-19-16-13-12-14-17-20-23-35-26-30-37(31-27-35)50-38-32-28-36(43)29-33-38;1-2-8-3-5-9(6-4-8)19-14-13(18)12(17)11(16)10(7-15)20-14/h26-33,39-40,46H,2-25,34H2,1H3,(H2,44,48)(H,45,47);3-6,10-18H,2,7H2,1H3/t39-,40?;/m0./s1. The molecule has 1 heterocycles. The Hall–Kier alpha value is -4.31. The number of unbranched alkanes of at least 4 members (excludes halogenated alkanes) is 19. The Morgan fingerprint density at radius 3 is 1.66 bits per heavy atom. The molecule has 14 heteroatoms. The van der Waals surface area contributed by atoms with E-state index in [1.165, 1.54) is 101 Å². The van der Waals surface area contributed by atoms with Gasteiger partial charge < -0.3 is 55.5 Å². The van der Waals surface area contributed by atoms with Gasteiger partial charge in [-0.2, -0.15) is 0 Å². The summed E-state index contributed by atoms with van der Waals surface area (Å²) in [6.45, 7) is 3.70. The first-order valence-corrected chi connectivity index (χ1v) is 26.4. The van der Waals surface area contributed by atoms with Gasteiger partial charge in [0.2, 0.25) is 12.2 Å². The van der Waals surface area contributed by atoms with Crippen LogP contribution in [0.3, 0.4) is 0 Å². The first-order chi connectivity index (χ1) is 33.9. The molecular weight excluding hydrogens is 896 g/mol. The van der Waals surface area contributed by atoms with E-state index in [0.29, 0.717) is 24.3 Å². The molecule has 1 aliphatic rings. The lowest BCUT2D eigenvalue weighted by Gasteiger charge is -2.39. The van der Waals surface area contributed by atoms with E-state index in [1.54, 1.807) is 24.3 Å². The minimum atomic E-state index is -1.43. The predicted molar refractivity (Wildman–Crippen MR) is 272 cm³/mol. The fourth-order valence-corrected chi connectivity index (χ4v) is 8.41. The second-order valence-corrected chi connectivity index (χ2v) is 18.7. The Morgan fingerprint density at radius 1 is 0.643 bits per heavy atom. The van der Waals surface area contributed by atoms with Crippen LogP contribution in [0.15, 0.2) is 72.8 Å². The summed E-state index contributed by atoms with van der Waals surface area (Å²) in [4.78, 5) is 23.8. The van der Waals surface area contributed by atoms with Crippen LogP contribution in [0.4, 0.5) is 9.18 Å². The van der Waals surface area contributed by atoms with Crippen molar-refractivity contribution in [1.29, 1.82) is 0 Å². The van der Waals surface area contributed by atoms with Crippen molar-refractivity contribution in [3.05, 3.63) is 89.7 Å². The zero-order valence-electron chi connectivity index (χ0n) is 42.2. The molecule has 0 spiro atoms. The average Bonchev–Trinajstić information content (AvgIpc) is 3.36. The van der Waals surface area contributed by atoms with Crippen LogP contribution in [0, 0.1) is 5.82 Å². The second kappa shape index (κ2) is 36.6. The highest BCUT2D eigenvalue weighted by molar-refractivity contribution is 5.76. The van der Waals surface area contributed by atoms with Crippen LogP contribution >= 0.6 is 0 Å². The van der Waals surface area contributed by atoms with Crippen LogP contribution in [0.5, 0.6) is 17.2 Å². The second-order valence-electron chi connectivity index (χ2n) is 18.7. The molecule has 394 valence electrons. The number of ether oxygens (including phenoxy) is 4. The monoisotopic (exact) mass is 983 g/mol. The van der Waals surface area contributed by atoms with Gasteiger partial charge in [-0.3, -0.25) is 4.79 Å². The Morgan fingerprint density at radius 2 is 1.13 bits per heavy atom. The smallest absolute Gasteiger partial charge is 0.404 e. The minimum Gasteiger partial charge on any atom is -0.462 e. The fourth-order valence-electron chi connectivity index (χ4n) is 8.41. The number of primary amides is 1. The molecule has 1 aliphatic heterocycles. The number of nitrogens with one attached hydrogen (secondary N) is 1. The lowest BCUT2D eigenvalue weighted by atomic mass is 9.99. The van der Waals surface area contributed by atoms with Crippen LogP contribution in [0.2, 0.25) is 0 Å². The molecule has 0 saturated carbocycles. The maximum Gasteiger partial charge on any atom is 0.404 e. The van der Waals surface area contributed by atoms with Crippen LogP contribution in [0.25, 0.3) is 0 Å². The molecule has 2 amide bonds. The van der Waals surface area contributed by atoms with Crippen molar-refractivity contribution >= 4 is 12.0 Å². The normalized spacial score (nSPS) is 18.5. The SMILES string of the molecule is CCCCCCCCCCCCCCCC(O)[C@H](COC(N)=O)NC(=O)CCCCCCCCCCc1ccc(Oc2ccc(F)cc2)cc1.CCc1ccc(OC2OC(CO)C(O)C(O)C2O)cc1. The van der Waals surface area contributed by atoms with E-state index in [9.17, 15) is 34.4 Å². The Balaban J connectivity index is 0.000000535. The number of aliphatic hydroxyl groups is 5. The Bertz CT molecular complexity index is 1780. The lowest BCUT2D eigenvalue weighted by Crippen LogP contribution is -2.60. The van der Waals surface area contributed by atoms with Crippen LogP contribution < -0.4 is 20.5 Å². The maximum absolute atomic E-state index is 13.1. The van der Waals surface area contributed by atoms with Crippen LogP contribution in [-0.2, 0) is 27.1 Å². The largest absolute Gasteiger partial charge is 0.462 e. The van der Waals surface area contributed by atoms with Gasteiger partial charge in [-0.1, -0.05) is 160 Å². The molecule has 6 unspecified atom stereocenters. The van der Waals surface area contributed by atoms with Gasteiger partial charge in [-0.25, -0.2) is 9.18 Å². The molecule has 8 N–H and O–H groups in total. The van der Waals surface area contributed by atoms with E-state index in [2.05, 4.69) is 24.4 Å². The summed E-state index contributed by atoms with van der Waals surface area (Å²) >= 11 is 0. The number of hydrogen-bond donors (Lipinski definition) is 7. The number of nitrogens with two attached hydrogens (primary N) is 1. The molecule has 3 aromatic rings. The molecule has 0 radical (unpaired) electrons. The third-order valence-corrected chi connectivity index (χ3v) is 12.8. The number of halogens is 1. The van der Waals surface area contributed by atoms with Gasteiger partial charge >= 0.3 is 6.09 Å². The van der Waals surface area contributed by atoms with Gasteiger partial charge in [0, 0.05) is 6.42 Å². The number of benzene rings is 3. The highest BCUT2D eigenvalue weighted by Crippen LogP contribution is 2.26. The number of aliphatic hydroxyl groups excluding tert-OH is 5. The zero-order valence-corrected chi connectivity index (χ0v) is 42.2. The number of amides is 2. The molecule has 4 rings (SSSR count). The van der Waals surface area contributed by atoms with Crippen molar-refractivity contribution in [3.8, 4) is 17.2 Å². The number of carbonyl (C=O) groups excluding carboxylic acids is 2. The summed E-state index contributed by atoms with van der Waals surface area (Å²) in [5.41, 5.74) is 7.58. The molecule has 0 aliphatic carbocycles. The van der Waals surface area contributed by atoms with E-state index >= 15 is 0 Å². The number of carbonyl (C=O) groups is 2. The summed E-state index contributed by atoms with van der Waals surface area (Å²) in [6, 6.07) is 20.7. The molecule has 13 nitrogen and oxygen atoms in total.